The largest absolute Gasteiger partial charge is 0.493 e. The number of sulfonamides is 1. The van der Waals surface area contributed by atoms with Gasteiger partial charge in [-0.25, -0.2) is 22.6 Å². The number of hydrogen-bond donors (Lipinski definition) is 2. The maximum Gasteiger partial charge on any atom is 0.411 e. The Kier molecular flexibility index (Phi) is 11.5. The molecule has 3 aromatic carbocycles. The maximum atomic E-state index is 13.8. The Morgan fingerprint density at radius 2 is 1.50 bits per heavy atom. The molecule has 0 radical (unpaired) electrons. The van der Waals surface area contributed by atoms with E-state index in [1.807, 2.05) is 0 Å². The summed E-state index contributed by atoms with van der Waals surface area (Å²) in [5.41, 5.74) is -0.0601. The van der Waals surface area contributed by atoms with Gasteiger partial charge in [-0.2, -0.15) is 4.98 Å². The molecule has 4 rings (SSSR count). The summed E-state index contributed by atoms with van der Waals surface area (Å²) in [7, 11) is -2.79. The number of rotatable bonds is 15. The van der Waals surface area contributed by atoms with E-state index in [1.54, 1.807) is 30.3 Å². The SMILES string of the molecule is COc1ccccc1Oc1c(NS(=O)(=O)c2ccc(OCCOC(C)=O)cc2)ncnc1OCCOC(=O)Nc1ccccc1F. The summed E-state index contributed by atoms with van der Waals surface area (Å²) < 4.78 is 75.1. The number of benzene rings is 3. The highest BCUT2D eigenvalue weighted by atomic mass is 32.2. The van der Waals surface area contributed by atoms with Crippen molar-refractivity contribution in [2.24, 2.45) is 0 Å². The molecule has 242 valence electrons. The molecule has 0 saturated heterocycles. The summed E-state index contributed by atoms with van der Waals surface area (Å²) in [6, 6.07) is 17.7. The van der Waals surface area contributed by atoms with E-state index >= 15 is 0 Å². The van der Waals surface area contributed by atoms with E-state index < -0.39 is 27.9 Å². The van der Waals surface area contributed by atoms with Crippen molar-refractivity contribution < 1.29 is 50.8 Å². The fourth-order valence-corrected chi connectivity index (χ4v) is 4.68. The zero-order chi connectivity index (χ0) is 32.9. The van der Waals surface area contributed by atoms with Crippen molar-refractivity contribution in [2.75, 3.05) is 43.6 Å². The predicted octanol–water partition coefficient (Wildman–Crippen LogP) is 4.79. The van der Waals surface area contributed by atoms with E-state index in [0.717, 1.165) is 6.33 Å². The topological polar surface area (TPSA) is 173 Å². The first-order valence-electron chi connectivity index (χ1n) is 13.5. The smallest absolute Gasteiger partial charge is 0.411 e. The molecule has 0 saturated carbocycles. The average molecular weight is 657 g/mol. The van der Waals surface area contributed by atoms with Gasteiger partial charge >= 0.3 is 12.1 Å². The lowest BCUT2D eigenvalue weighted by molar-refractivity contribution is -0.141. The van der Waals surface area contributed by atoms with Gasteiger partial charge in [0.15, 0.2) is 17.3 Å². The summed E-state index contributed by atoms with van der Waals surface area (Å²) in [4.78, 5) is 31.0. The second kappa shape index (κ2) is 15.9. The first kappa shape index (κ1) is 33.3. The van der Waals surface area contributed by atoms with E-state index in [9.17, 15) is 22.4 Å². The lowest BCUT2D eigenvalue weighted by Crippen LogP contribution is -2.19. The first-order valence-corrected chi connectivity index (χ1v) is 15.0. The zero-order valence-corrected chi connectivity index (χ0v) is 25.4. The Hall–Kier alpha value is -5.64. The van der Waals surface area contributed by atoms with Crippen LogP contribution in [-0.4, -0.2) is 64.0 Å². The molecule has 46 heavy (non-hydrogen) atoms. The molecule has 0 atom stereocenters. The van der Waals surface area contributed by atoms with Crippen LogP contribution in [0.15, 0.2) is 84.0 Å². The highest BCUT2D eigenvalue weighted by Gasteiger charge is 2.23. The first-order chi connectivity index (χ1) is 22.2. The number of carbonyl (C=O) groups is 2. The highest BCUT2D eigenvalue weighted by molar-refractivity contribution is 7.92. The summed E-state index contributed by atoms with van der Waals surface area (Å²) in [6.45, 7) is 0.873. The van der Waals surface area contributed by atoms with Crippen LogP contribution in [0.1, 0.15) is 6.92 Å². The third-order valence-corrected chi connectivity index (χ3v) is 7.10. The van der Waals surface area contributed by atoms with Gasteiger partial charge in [-0.1, -0.05) is 24.3 Å². The summed E-state index contributed by atoms with van der Waals surface area (Å²) in [6.07, 6.45) is 0.129. The van der Waals surface area contributed by atoms with Crippen molar-refractivity contribution >= 4 is 33.6 Å². The number of nitrogens with one attached hydrogen (secondary N) is 2. The van der Waals surface area contributed by atoms with E-state index in [4.69, 9.17) is 28.4 Å². The van der Waals surface area contributed by atoms with Gasteiger partial charge in [0.05, 0.1) is 17.7 Å². The Morgan fingerprint density at radius 3 is 2.22 bits per heavy atom. The number of ether oxygens (including phenoxy) is 6. The van der Waals surface area contributed by atoms with Gasteiger partial charge in [-0.15, -0.1) is 0 Å². The van der Waals surface area contributed by atoms with Crippen LogP contribution >= 0.6 is 0 Å². The molecule has 0 fully saturated rings. The fourth-order valence-electron chi connectivity index (χ4n) is 3.67. The summed E-state index contributed by atoms with van der Waals surface area (Å²) >= 11 is 0. The van der Waals surface area contributed by atoms with Gasteiger partial charge in [0.1, 0.15) is 44.3 Å². The third-order valence-electron chi connectivity index (χ3n) is 5.74. The molecule has 0 bridgehead atoms. The maximum absolute atomic E-state index is 13.8. The quantitative estimate of drug-likeness (QED) is 0.133. The number of esters is 1. The lowest BCUT2D eigenvalue weighted by Gasteiger charge is -2.17. The van der Waals surface area contributed by atoms with Crippen molar-refractivity contribution in [3.63, 3.8) is 0 Å². The van der Waals surface area contributed by atoms with Crippen LogP contribution in [0.4, 0.5) is 20.7 Å². The van der Waals surface area contributed by atoms with Crippen molar-refractivity contribution in [3.05, 3.63) is 84.9 Å². The minimum Gasteiger partial charge on any atom is -0.493 e. The number of aromatic nitrogens is 2. The average Bonchev–Trinajstić information content (AvgIpc) is 3.04. The number of nitrogens with zero attached hydrogens (tertiary/aromatic N) is 2. The number of carbonyl (C=O) groups excluding carboxylic acids is 2. The highest BCUT2D eigenvalue weighted by Crippen LogP contribution is 2.40. The van der Waals surface area contributed by atoms with Crippen LogP contribution in [0, 0.1) is 5.82 Å². The van der Waals surface area contributed by atoms with Crippen molar-refractivity contribution in [2.45, 2.75) is 11.8 Å². The van der Waals surface area contributed by atoms with Crippen molar-refractivity contribution in [1.29, 1.82) is 0 Å². The Morgan fingerprint density at radius 1 is 0.826 bits per heavy atom. The molecule has 1 heterocycles. The van der Waals surface area contributed by atoms with Crippen LogP contribution in [-0.2, 0) is 24.3 Å². The summed E-state index contributed by atoms with van der Waals surface area (Å²) in [5.74, 6) is -0.870. The Bertz CT molecular complexity index is 1760. The number of hydrogen-bond acceptors (Lipinski definition) is 12. The number of amides is 1. The Labute approximate surface area is 263 Å². The number of para-hydroxylation sites is 3. The van der Waals surface area contributed by atoms with Gasteiger partial charge in [-0.3, -0.25) is 14.8 Å². The predicted molar refractivity (Wildman–Crippen MR) is 161 cm³/mol. The molecule has 1 amide bonds. The zero-order valence-electron chi connectivity index (χ0n) is 24.6. The molecular weight excluding hydrogens is 627 g/mol. The van der Waals surface area contributed by atoms with Crippen molar-refractivity contribution in [1.82, 2.24) is 9.97 Å². The molecule has 0 aliphatic rings. The molecule has 14 nitrogen and oxygen atoms in total. The van der Waals surface area contributed by atoms with Crippen LogP contribution in [0.25, 0.3) is 0 Å². The normalized spacial score (nSPS) is 10.8. The number of anilines is 2. The molecular formula is C30H29FN4O10S. The number of halogens is 1. The van der Waals surface area contributed by atoms with E-state index in [0.29, 0.717) is 11.5 Å². The fraction of sp³-hybridized carbons (Fsp3) is 0.200. The second-order valence-electron chi connectivity index (χ2n) is 8.96. The lowest BCUT2D eigenvalue weighted by atomic mass is 10.3. The Balaban J connectivity index is 1.49. The molecule has 0 unspecified atom stereocenters. The standard InChI is InChI=1S/C30H29FN4O10S/c1-20(36)41-15-16-42-21-11-13-22(14-12-21)46(38,39)35-28-27(45-26-10-6-5-9-25(26)40-2)29(33-19-32-28)43-17-18-44-30(37)34-24-8-4-3-7-23(24)31/h3-14,19H,15-18H2,1-2H3,(H,34,37)(H,32,33,35). The third kappa shape index (κ3) is 9.43. The molecule has 0 aliphatic carbocycles. The van der Waals surface area contributed by atoms with Gasteiger partial charge < -0.3 is 28.4 Å². The monoisotopic (exact) mass is 656 g/mol. The molecule has 0 spiro atoms. The van der Waals surface area contributed by atoms with Crippen LogP contribution < -0.4 is 29.0 Å². The van der Waals surface area contributed by atoms with Crippen LogP contribution in [0.3, 0.4) is 0 Å². The van der Waals surface area contributed by atoms with E-state index in [1.165, 1.54) is 56.5 Å². The van der Waals surface area contributed by atoms with Gasteiger partial charge in [0, 0.05) is 6.92 Å². The van der Waals surface area contributed by atoms with E-state index in [-0.39, 0.29) is 60.2 Å². The van der Waals surface area contributed by atoms with Crippen LogP contribution in [0.5, 0.6) is 28.9 Å². The van der Waals surface area contributed by atoms with Crippen LogP contribution in [0.2, 0.25) is 0 Å². The van der Waals surface area contributed by atoms with Gasteiger partial charge in [0.25, 0.3) is 15.9 Å². The summed E-state index contributed by atoms with van der Waals surface area (Å²) in [5, 5.41) is 2.28. The molecule has 4 aromatic rings. The molecule has 16 heteroatoms. The minimum absolute atomic E-state index is 0.0387. The van der Waals surface area contributed by atoms with Gasteiger partial charge in [-0.05, 0) is 48.5 Å². The minimum atomic E-state index is -4.22. The van der Waals surface area contributed by atoms with E-state index in [2.05, 4.69) is 20.0 Å². The molecule has 1 aromatic heterocycles. The van der Waals surface area contributed by atoms with Gasteiger partial charge in [0.2, 0.25) is 5.75 Å². The number of methoxy groups -OCH3 is 1. The molecule has 0 aliphatic heterocycles. The van der Waals surface area contributed by atoms with Crippen molar-refractivity contribution in [3.8, 4) is 28.9 Å². The second-order valence-corrected chi connectivity index (χ2v) is 10.6. The molecule has 2 N–H and O–H groups in total.